The molecular formula is C15H19NS3. The molecule has 1 aliphatic rings. The average molecular weight is 310 g/mol. The van der Waals surface area contributed by atoms with Gasteiger partial charge in [-0.25, -0.2) is 4.98 Å². The molecule has 2 aromatic rings. The van der Waals surface area contributed by atoms with Gasteiger partial charge in [-0.05, 0) is 55.8 Å². The maximum atomic E-state index is 5.27. The van der Waals surface area contributed by atoms with Crippen molar-refractivity contribution in [1.29, 1.82) is 0 Å². The molecule has 0 amide bonds. The maximum absolute atomic E-state index is 5.27. The zero-order valence-electron chi connectivity index (χ0n) is 11.7. The summed E-state index contributed by atoms with van der Waals surface area (Å²) in [4.78, 5) is 8.68. The van der Waals surface area contributed by atoms with Gasteiger partial charge >= 0.3 is 0 Å². The Labute approximate surface area is 127 Å². The van der Waals surface area contributed by atoms with Crippen LogP contribution >= 0.6 is 34.9 Å². The highest BCUT2D eigenvalue weighted by Crippen LogP contribution is 2.45. The summed E-state index contributed by atoms with van der Waals surface area (Å²) in [5, 5.41) is 1.41. The minimum Gasteiger partial charge on any atom is -0.215 e. The zero-order chi connectivity index (χ0) is 13.6. The van der Waals surface area contributed by atoms with Gasteiger partial charge < -0.3 is 0 Å². The van der Waals surface area contributed by atoms with Crippen molar-refractivity contribution in [2.45, 2.75) is 52.9 Å². The van der Waals surface area contributed by atoms with E-state index in [4.69, 9.17) is 12.2 Å². The summed E-state index contributed by atoms with van der Waals surface area (Å²) in [6.07, 6.45) is 6.39. The monoisotopic (exact) mass is 309 g/mol. The smallest absolute Gasteiger partial charge is 0.182 e. The number of thiophene rings is 1. The molecular weight excluding hydrogens is 290 g/mol. The van der Waals surface area contributed by atoms with E-state index >= 15 is 0 Å². The van der Waals surface area contributed by atoms with Gasteiger partial charge in [0.25, 0.3) is 0 Å². The number of hydrogen-bond acceptors (Lipinski definition) is 4. The predicted molar refractivity (Wildman–Crippen MR) is 88.1 cm³/mol. The molecule has 0 saturated carbocycles. The van der Waals surface area contributed by atoms with E-state index in [1.54, 1.807) is 21.8 Å². The van der Waals surface area contributed by atoms with Crippen molar-refractivity contribution in [3.63, 3.8) is 0 Å². The highest BCUT2D eigenvalue weighted by molar-refractivity contribution is 7.73. The molecule has 0 aliphatic heterocycles. The first-order chi connectivity index (χ1) is 9.02. The van der Waals surface area contributed by atoms with Gasteiger partial charge in [-0.2, -0.15) is 0 Å². The summed E-state index contributed by atoms with van der Waals surface area (Å²) in [6.45, 7) is 6.94. The highest BCUT2D eigenvalue weighted by Gasteiger charge is 2.31. The molecule has 0 spiro atoms. The van der Waals surface area contributed by atoms with Crippen LogP contribution in [0.1, 0.15) is 48.4 Å². The van der Waals surface area contributed by atoms with Gasteiger partial charge in [0.2, 0.25) is 0 Å². The molecule has 0 bridgehead atoms. The van der Waals surface area contributed by atoms with Crippen LogP contribution in [0.3, 0.4) is 0 Å². The third-order valence-corrected chi connectivity index (χ3v) is 6.52. The lowest BCUT2D eigenvalue weighted by molar-refractivity contribution is 0.256. The SMILES string of the molecule is CCCC1(C)CCc2c(sc3nc(=S)sc(C)c23)C1. The molecule has 1 aliphatic carbocycles. The molecule has 1 atom stereocenters. The Morgan fingerprint density at radius 3 is 2.89 bits per heavy atom. The molecule has 0 N–H and O–H groups in total. The third kappa shape index (κ3) is 2.39. The Morgan fingerprint density at radius 2 is 2.16 bits per heavy atom. The van der Waals surface area contributed by atoms with E-state index in [1.807, 2.05) is 11.3 Å². The van der Waals surface area contributed by atoms with Crippen molar-refractivity contribution in [1.82, 2.24) is 4.98 Å². The molecule has 102 valence electrons. The van der Waals surface area contributed by atoms with Crippen LogP contribution in [0.15, 0.2) is 0 Å². The fourth-order valence-electron chi connectivity index (χ4n) is 3.35. The predicted octanol–water partition coefficient (Wildman–Crippen LogP) is 5.69. The number of fused-ring (bicyclic) bond motifs is 3. The molecule has 0 fully saturated rings. The number of rotatable bonds is 2. The quantitative estimate of drug-likeness (QED) is 0.661. The Bertz CT molecular complexity index is 682. The first-order valence-corrected chi connectivity index (χ1v) is 8.98. The van der Waals surface area contributed by atoms with E-state index in [2.05, 4.69) is 25.8 Å². The lowest BCUT2D eigenvalue weighted by Crippen LogP contribution is -2.24. The van der Waals surface area contributed by atoms with Gasteiger partial charge in [-0.15, -0.1) is 22.7 Å². The molecule has 2 heterocycles. The van der Waals surface area contributed by atoms with Crippen molar-refractivity contribution in [2.24, 2.45) is 5.41 Å². The van der Waals surface area contributed by atoms with Crippen molar-refractivity contribution < 1.29 is 0 Å². The van der Waals surface area contributed by atoms with E-state index in [1.165, 1.54) is 47.2 Å². The largest absolute Gasteiger partial charge is 0.215 e. The number of hydrogen-bond donors (Lipinski definition) is 0. The first-order valence-electron chi connectivity index (χ1n) is 6.94. The van der Waals surface area contributed by atoms with Gasteiger partial charge in [-0.3, -0.25) is 0 Å². The van der Waals surface area contributed by atoms with Crippen LogP contribution in [0.25, 0.3) is 10.2 Å². The van der Waals surface area contributed by atoms with Crippen LogP contribution in [0.5, 0.6) is 0 Å². The van der Waals surface area contributed by atoms with Gasteiger partial charge in [0, 0.05) is 15.1 Å². The molecule has 3 rings (SSSR count). The molecule has 0 radical (unpaired) electrons. The maximum Gasteiger partial charge on any atom is 0.182 e. The standard InChI is InChI=1S/C15H19NS3/c1-4-6-15(3)7-5-10-11(8-15)19-13-12(10)9(2)18-14(17)16-13/h4-8H2,1-3H3. The van der Waals surface area contributed by atoms with Crippen LogP contribution < -0.4 is 0 Å². The van der Waals surface area contributed by atoms with Crippen LogP contribution in [0.4, 0.5) is 0 Å². The summed E-state index contributed by atoms with van der Waals surface area (Å²) >= 11 is 8.81. The molecule has 1 unspecified atom stereocenters. The second kappa shape index (κ2) is 4.90. The molecule has 0 saturated heterocycles. The normalized spacial score (nSPS) is 22.7. The second-order valence-electron chi connectivity index (χ2n) is 5.96. The fourth-order valence-corrected chi connectivity index (χ4v) is 6.22. The summed E-state index contributed by atoms with van der Waals surface area (Å²) in [6, 6.07) is 0. The topological polar surface area (TPSA) is 12.9 Å². The Hall–Kier alpha value is -0.320. The lowest BCUT2D eigenvalue weighted by atomic mass is 9.73. The Morgan fingerprint density at radius 1 is 1.37 bits per heavy atom. The molecule has 0 aromatic carbocycles. The average Bonchev–Trinajstić information content (AvgIpc) is 2.65. The van der Waals surface area contributed by atoms with Crippen LogP contribution in [-0.4, -0.2) is 4.98 Å². The van der Waals surface area contributed by atoms with Gasteiger partial charge in [0.1, 0.15) is 4.83 Å². The third-order valence-electron chi connectivity index (χ3n) is 4.28. The van der Waals surface area contributed by atoms with Crippen LogP contribution in [0, 0.1) is 16.3 Å². The molecule has 19 heavy (non-hydrogen) atoms. The second-order valence-corrected chi connectivity index (χ2v) is 8.89. The van der Waals surface area contributed by atoms with Gasteiger partial charge in [-0.1, -0.05) is 20.3 Å². The van der Waals surface area contributed by atoms with Crippen molar-refractivity contribution in [2.75, 3.05) is 0 Å². The first kappa shape index (κ1) is 13.7. The molecule has 4 heteroatoms. The minimum atomic E-state index is 0.497. The fraction of sp³-hybridized carbons (Fsp3) is 0.600. The lowest BCUT2D eigenvalue weighted by Gasteiger charge is -2.33. The van der Waals surface area contributed by atoms with Crippen molar-refractivity contribution >= 4 is 45.1 Å². The van der Waals surface area contributed by atoms with E-state index in [0.717, 1.165) is 3.95 Å². The van der Waals surface area contributed by atoms with E-state index in [9.17, 15) is 0 Å². The van der Waals surface area contributed by atoms with Crippen LogP contribution in [-0.2, 0) is 12.8 Å². The number of aryl methyl sites for hydroxylation is 2. The van der Waals surface area contributed by atoms with E-state index < -0.39 is 0 Å². The van der Waals surface area contributed by atoms with Gasteiger partial charge in [0.15, 0.2) is 3.95 Å². The highest BCUT2D eigenvalue weighted by atomic mass is 32.1. The Balaban J connectivity index is 2.13. The van der Waals surface area contributed by atoms with E-state index in [0.29, 0.717) is 5.41 Å². The Kier molecular flexibility index (Phi) is 3.52. The summed E-state index contributed by atoms with van der Waals surface area (Å²) in [5.41, 5.74) is 2.07. The van der Waals surface area contributed by atoms with E-state index in [-0.39, 0.29) is 0 Å². The summed E-state index contributed by atoms with van der Waals surface area (Å²) < 4.78 is 0.778. The number of nitrogens with zero attached hydrogens (tertiary/aromatic N) is 1. The minimum absolute atomic E-state index is 0.497. The summed E-state index contributed by atoms with van der Waals surface area (Å²) in [7, 11) is 0. The van der Waals surface area contributed by atoms with Crippen LogP contribution in [0.2, 0.25) is 0 Å². The summed E-state index contributed by atoms with van der Waals surface area (Å²) in [5.74, 6) is 0. The van der Waals surface area contributed by atoms with Gasteiger partial charge in [0.05, 0.1) is 0 Å². The molecule has 2 aromatic heterocycles. The zero-order valence-corrected chi connectivity index (χ0v) is 14.2. The molecule has 1 nitrogen and oxygen atoms in total. The number of aromatic nitrogens is 1. The van der Waals surface area contributed by atoms with Crippen molar-refractivity contribution in [3.05, 3.63) is 19.3 Å². The van der Waals surface area contributed by atoms with Crippen molar-refractivity contribution in [3.8, 4) is 0 Å².